The molecule has 0 aliphatic carbocycles. The zero-order chi connectivity index (χ0) is 11.5. The summed E-state index contributed by atoms with van der Waals surface area (Å²) in [5.41, 5.74) is 1.92. The molecule has 1 aromatic heterocycles. The molecule has 0 atom stereocenters. The lowest BCUT2D eigenvalue weighted by atomic mass is 10.1. The number of nitrogens with zero attached hydrogens (tertiary/aromatic N) is 2. The highest BCUT2D eigenvalue weighted by Crippen LogP contribution is 2.19. The molecule has 2 rings (SSSR count). The maximum Gasteiger partial charge on any atom is 0.193 e. The Labute approximate surface area is 92.0 Å². The molecule has 0 radical (unpaired) electrons. The third-order valence-electron chi connectivity index (χ3n) is 2.23. The van der Waals surface area contributed by atoms with Crippen molar-refractivity contribution in [3.8, 4) is 11.3 Å². The van der Waals surface area contributed by atoms with Crippen molar-refractivity contribution in [2.24, 2.45) is 0 Å². The standard InChI is InChI=1S/C12H9FN2O/c1-8-6-9(2-3-10(8)13)11-4-5-14-12(7-16)15-11/h2-7H,1H3. The van der Waals surface area contributed by atoms with Gasteiger partial charge in [0.15, 0.2) is 12.1 Å². The maximum atomic E-state index is 13.1. The molecule has 0 aliphatic rings. The number of hydrogen-bond donors (Lipinski definition) is 0. The fraction of sp³-hybridized carbons (Fsp3) is 0.0833. The molecular weight excluding hydrogens is 207 g/mol. The monoisotopic (exact) mass is 216 g/mol. The minimum absolute atomic E-state index is 0.125. The second-order valence-corrected chi connectivity index (χ2v) is 3.38. The number of aromatic nitrogens is 2. The van der Waals surface area contributed by atoms with Gasteiger partial charge in [-0.1, -0.05) is 0 Å². The molecule has 16 heavy (non-hydrogen) atoms. The molecule has 1 heterocycles. The molecule has 3 nitrogen and oxygen atoms in total. The quantitative estimate of drug-likeness (QED) is 0.724. The molecule has 0 N–H and O–H groups in total. The van der Waals surface area contributed by atoms with Gasteiger partial charge in [-0.15, -0.1) is 0 Å². The molecule has 4 heteroatoms. The summed E-state index contributed by atoms with van der Waals surface area (Å²) in [6.45, 7) is 1.68. The number of halogens is 1. The van der Waals surface area contributed by atoms with Gasteiger partial charge in [0.25, 0.3) is 0 Å². The lowest BCUT2D eigenvalue weighted by molar-refractivity contribution is 0.111. The second-order valence-electron chi connectivity index (χ2n) is 3.38. The van der Waals surface area contributed by atoms with E-state index >= 15 is 0 Å². The Morgan fingerprint density at radius 3 is 2.81 bits per heavy atom. The van der Waals surface area contributed by atoms with E-state index in [2.05, 4.69) is 9.97 Å². The van der Waals surface area contributed by atoms with Crippen LogP contribution in [-0.4, -0.2) is 16.3 Å². The van der Waals surface area contributed by atoms with Gasteiger partial charge < -0.3 is 0 Å². The third kappa shape index (κ3) is 1.95. The molecule has 2 aromatic rings. The van der Waals surface area contributed by atoms with Crippen molar-refractivity contribution in [3.05, 3.63) is 47.7 Å². The Morgan fingerprint density at radius 2 is 2.12 bits per heavy atom. The highest BCUT2D eigenvalue weighted by Gasteiger charge is 2.04. The van der Waals surface area contributed by atoms with Gasteiger partial charge in [-0.3, -0.25) is 4.79 Å². The molecule has 0 spiro atoms. The van der Waals surface area contributed by atoms with Crippen LogP contribution >= 0.6 is 0 Å². The Morgan fingerprint density at radius 1 is 1.31 bits per heavy atom. The minimum Gasteiger partial charge on any atom is -0.294 e. The molecule has 1 aromatic carbocycles. The summed E-state index contributed by atoms with van der Waals surface area (Å²) in [4.78, 5) is 18.3. The van der Waals surface area contributed by atoms with Crippen LogP contribution in [0, 0.1) is 12.7 Å². The van der Waals surface area contributed by atoms with Gasteiger partial charge >= 0.3 is 0 Å². The second kappa shape index (κ2) is 4.18. The van der Waals surface area contributed by atoms with E-state index in [1.54, 1.807) is 25.1 Å². The Hall–Kier alpha value is -2.10. The smallest absolute Gasteiger partial charge is 0.193 e. The van der Waals surface area contributed by atoms with Crippen molar-refractivity contribution in [1.82, 2.24) is 9.97 Å². The number of carbonyl (C=O) groups excluding carboxylic acids is 1. The molecular formula is C12H9FN2O. The number of aryl methyl sites for hydroxylation is 1. The van der Waals surface area contributed by atoms with Gasteiger partial charge in [-0.25, -0.2) is 14.4 Å². The number of rotatable bonds is 2. The summed E-state index contributed by atoms with van der Waals surface area (Å²) in [5, 5.41) is 0. The fourth-order valence-electron chi connectivity index (χ4n) is 1.40. The van der Waals surface area contributed by atoms with Crippen LogP contribution in [0.15, 0.2) is 30.5 Å². The molecule has 80 valence electrons. The van der Waals surface area contributed by atoms with Crippen molar-refractivity contribution in [2.45, 2.75) is 6.92 Å². The van der Waals surface area contributed by atoms with Crippen molar-refractivity contribution >= 4 is 6.29 Å². The largest absolute Gasteiger partial charge is 0.294 e. The summed E-state index contributed by atoms with van der Waals surface area (Å²) in [6, 6.07) is 6.37. The number of aldehydes is 1. The predicted molar refractivity (Wildman–Crippen MR) is 57.6 cm³/mol. The van der Waals surface area contributed by atoms with E-state index in [1.165, 1.54) is 12.3 Å². The van der Waals surface area contributed by atoms with Gasteiger partial charge in [0, 0.05) is 11.8 Å². The molecule has 0 bridgehead atoms. The molecule has 0 unspecified atom stereocenters. The molecule has 0 fully saturated rings. The lowest BCUT2D eigenvalue weighted by Crippen LogP contribution is -1.94. The molecule has 0 saturated heterocycles. The third-order valence-corrected chi connectivity index (χ3v) is 2.23. The predicted octanol–water partition coefficient (Wildman–Crippen LogP) is 2.40. The van der Waals surface area contributed by atoms with E-state index in [9.17, 15) is 9.18 Å². The van der Waals surface area contributed by atoms with Gasteiger partial charge in [-0.05, 0) is 36.8 Å². The van der Waals surface area contributed by atoms with Crippen LogP contribution in [-0.2, 0) is 0 Å². The van der Waals surface area contributed by atoms with Crippen molar-refractivity contribution < 1.29 is 9.18 Å². The number of benzene rings is 1. The van der Waals surface area contributed by atoms with Gasteiger partial charge in [-0.2, -0.15) is 0 Å². The van der Waals surface area contributed by atoms with Gasteiger partial charge in [0.05, 0.1) is 5.69 Å². The van der Waals surface area contributed by atoms with Crippen LogP contribution in [0.4, 0.5) is 4.39 Å². The van der Waals surface area contributed by atoms with E-state index in [4.69, 9.17) is 0 Å². The first-order valence-electron chi connectivity index (χ1n) is 4.75. The summed E-state index contributed by atoms with van der Waals surface area (Å²) in [6.07, 6.45) is 2.09. The average molecular weight is 216 g/mol. The Balaban J connectivity index is 2.49. The summed E-state index contributed by atoms with van der Waals surface area (Å²) in [5.74, 6) is -0.132. The number of carbonyl (C=O) groups is 1. The van der Waals surface area contributed by atoms with Crippen LogP contribution in [0.5, 0.6) is 0 Å². The van der Waals surface area contributed by atoms with E-state index in [0.717, 1.165) is 5.56 Å². The highest BCUT2D eigenvalue weighted by molar-refractivity contribution is 5.71. The molecule has 0 saturated carbocycles. The van der Waals surface area contributed by atoms with Crippen LogP contribution in [0.2, 0.25) is 0 Å². The average Bonchev–Trinajstić information content (AvgIpc) is 2.33. The van der Waals surface area contributed by atoms with Crippen molar-refractivity contribution in [1.29, 1.82) is 0 Å². The van der Waals surface area contributed by atoms with Crippen LogP contribution < -0.4 is 0 Å². The molecule has 0 aliphatic heterocycles. The molecule has 0 amide bonds. The summed E-state index contributed by atoms with van der Waals surface area (Å²) in [7, 11) is 0. The Bertz CT molecular complexity index is 540. The van der Waals surface area contributed by atoms with Gasteiger partial charge in [0.1, 0.15) is 5.82 Å². The SMILES string of the molecule is Cc1cc(-c2ccnc(C=O)n2)ccc1F. The van der Waals surface area contributed by atoms with Crippen LogP contribution in [0.3, 0.4) is 0 Å². The van der Waals surface area contributed by atoms with Crippen molar-refractivity contribution in [3.63, 3.8) is 0 Å². The minimum atomic E-state index is -0.256. The van der Waals surface area contributed by atoms with E-state index in [0.29, 0.717) is 17.5 Å². The fourth-order valence-corrected chi connectivity index (χ4v) is 1.40. The zero-order valence-electron chi connectivity index (χ0n) is 8.64. The maximum absolute atomic E-state index is 13.1. The van der Waals surface area contributed by atoms with E-state index in [-0.39, 0.29) is 11.6 Å². The van der Waals surface area contributed by atoms with Crippen molar-refractivity contribution in [2.75, 3.05) is 0 Å². The van der Waals surface area contributed by atoms with E-state index < -0.39 is 0 Å². The number of hydrogen-bond acceptors (Lipinski definition) is 3. The van der Waals surface area contributed by atoms with Crippen LogP contribution in [0.25, 0.3) is 11.3 Å². The highest BCUT2D eigenvalue weighted by atomic mass is 19.1. The first-order valence-corrected chi connectivity index (χ1v) is 4.75. The summed E-state index contributed by atoms with van der Waals surface area (Å²) < 4.78 is 13.1. The first kappa shape index (κ1) is 10.4. The Kier molecular flexibility index (Phi) is 2.72. The lowest BCUT2D eigenvalue weighted by Gasteiger charge is -2.03. The topological polar surface area (TPSA) is 42.9 Å². The first-order chi connectivity index (χ1) is 7.70. The van der Waals surface area contributed by atoms with Crippen LogP contribution in [0.1, 0.15) is 16.2 Å². The normalized spacial score (nSPS) is 10.1. The summed E-state index contributed by atoms with van der Waals surface area (Å²) >= 11 is 0. The van der Waals surface area contributed by atoms with E-state index in [1.807, 2.05) is 0 Å². The van der Waals surface area contributed by atoms with Gasteiger partial charge in [0.2, 0.25) is 0 Å². The zero-order valence-corrected chi connectivity index (χ0v) is 8.64.